The van der Waals surface area contributed by atoms with Crippen LogP contribution in [-0.4, -0.2) is 44.5 Å². The van der Waals surface area contributed by atoms with Gasteiger partial charge in [0.05, 0.1) is 4.90 Å². The molecule has 0 spiro atoms. The Morgan fingerprint density at radius 3 is 2.55 bits per heavy atom. The fourth-order valence-electron chi connectivity index (χ4n) is 3.42. The summed E-state index contributed by atoms with van der Waals surface area (Å²) in [7, 11) is -7.56. The van der Waals surface area contributed by atoms with Crippen LogP contribution in [0, 0.1) is 5.92 Å². The molecule has 1 aliphatic rings. The Bertz CT molecular complexity index is 1240. The molecule has 1 aliphatic heterocycles. The summed E-state index contributed by atoms with van der Waals surface area (Å²) in [6, 6.07) is 10.2. The summed E-state index contributed by atoms with van der Waals surface area (Å²) in [4.78, 5) is 0.0626. The standard InChI is InChI=1S/C18H20N4O5S2/c1-13-4-3-11-22(12-13)29(25,26)15-9-7-14(8-10-15)21-28(23,24)17-6-2-5-16-18(17)20-27-19-16/h2,5-10,13,21H,3-4,11-12H2,1H3. The third kappa shape index (κ3) is 3.85. The molecule has 1 saturated heterocycles. The van der Waals surface area contributed by atoms with Crippen LogP contribution in [0.4, 0.5) is 5.69 Å². The number of hydrogen-bond donors (Lipinski definition) is 1. The quantitative estimate of drug-likeness (QED) is 0.652. The number of nitrogens with zero attached hydrogens (tertiary/aromatic N) is 3. The fraction of sp³-hybridized carbons (Fsp3) is 0.333. The second kappa shape index (κ2) is 7.39. The molecule has 1 unspecified atom stereocenters. The molecule has 1 atom stereocenters. The Morgan fingerprint density at radius 2 is 1.83 bits per heavy atom. The fourth-order valence-corrected chi connectivity index (χ4v) is 6.23. The highest BCUT2D eigenvalue weighted by atomic mass is 32.2. The predicted molar refractivity (Wildman–Crippen MR) is 106 cm³/mol. The van der Waals surface area contributed by atoms with Gasteiger partial charge < -0.3 is 0 Å². The van der Waals surface area contributed by atoms with Gasteiger partial charge in [-0.25, -0.2) is 21.5 Å². The maximum Gasteiger partial charge on any atom is 0.264 e. The van der Waals surface area contributed by atoms with Crippen molar-refractivity contribution in [1.29, 1.82) is 0 Å². The molecule has 11 heteroatoms. The summed E-state index contributed by atoms with van der Waals surface area (Å²) in [6.45, 7) is 3.02. The van der Waals surface area contributed by atoms with E-state index in [0.717, 1.165) is 12.8 Å². The molecule has 0 amide bonds. The van der Waals surface area contributed by atoms with E-state index < -0.39 is 20.0 Å². The first-order valence-corrected chi connectivity index (χ1v) is 12.0. The van der Waals surface area contributed by atoms with E-state index in [-0.39, 0.29) is 21.0 Å². The summed E-state index contributed by atoms with van der Waals surface area (Å²) in [5.74, 6) is 0.318. The van der Waals surface area contributed by atoms with Crippen LogP contribution in [0.3, 0.4) is 0 Å². The van der Waals surface area contributed by atoms with Crippen molar-refractivity contribution in [3.8, 4) is 0 Å². The van der Waals surface area contributed by atoms with E-state index in [0.29, 0.717) is 24.5 Å². The number of piperidine rings is 1. The number of anilines is 1. The molecular formula is C18H20N4O5S2. The largest absolute Gasteiger partial charge is 0.280 e. The number of sulfonamides is 2. The highest BCUT2D eigenvalue weighted by Crippen LogP contribution is 2.26. The van der Waals surface area contributed by atoms with Gasteiger partial charge in [0, 0.05) is 18.8 Å². The first-order valence-electron chi connectivity index (χ1n) is 9.12. The number of hydrogen-bond acceptors (Lipinski definition) is 7. The molecule has 1 fully saturated rings. The van der Waals surface area contributed by atoms with Crippen LogP contribution in [0.1, 0.15) is 19.8 Å². The molecule has 1 aromatic heterocycles. The van der Waals surface area contributed by atoms with Crippen molar-refractivity contribution in [1.82, 2.24) is 14.6 Å². The van der Waals surface area contributed by atoms with Gasteiger partial charge in [-0.2, -0.15) is 4.31 Å². The van der Waals surface area contributed by atoms with E-state index in [1.165, 1.54) is 40.7 Å². The molecular weight excluding hydrogens is 416 g/mol. The number of fused-ring (bicyclic) bond motifs is 1. The third-order valence-corrected chi connectivity index (χ3v) is 8.19. The van der Waals surface area contributed by atoms with Gasteiger partial charge in [-0.1, -0.05) is 13.0 Å². The molecule has 2 aromatic carbocycles. The van der Waals surface area contributed by atoms with Crippen molar-refractivity contribution >= 4 is 36.8 Å². The lowest BCUT2D eigenvalue weighted by Crippen LogP contribution is -2.39. The van der Waals surface area contributed by atoms with Crippen LogP contribution in [0.25, 0.3) is 11.0 Å². The Labute approximate surface area is 168 Å². The van der Waals surface area contributed by atoms with E-state index in [2.05, 4.69) is 19.7 Å². The van der Waals surface area contributed by atoms with E-state index in [1.54, 1.807) is 6.07 Å². The summed E-state index contributed by atoms with van der Waals surface area (Å²) in [5.41, 5.74) is 0.688. The van der Waals surface area contributed by atoms with Crippen LogP contribution < -0.4 is 4.72 Å². The Hall–Kier alpha value is -2.50. The van der Waals surface area contributed by atoms with Crippen LogP contribution >= 0.6 is 0 Å². The second-order valence-corrected chi connectivity index (χ2v) is 10.7. The average Bonchev–Trinajstić information content (AvgIpc) is 3.17. The van der Waals surface area contributed by atoms with Gasteiger partial charge in [-0.05, 0) is 65.5 Å². The van der Waals surface area contributed by atoms with E-state index in [4.69, 9.17) is 0 Å². The first-order chi connectivity index (χ1) is 13.8. The predicted octanol–water partition coefficient (Wildman–Crippen LogP) is 2.44. The van der Waals surface area contributed by atoms with Crippen molar-refractivity contribution < 1.29 is 21.5 Å². The molecule has 0 bridgehead atoms. The molecule has 154 valence electrons. The Kier molecular flexibility index (Phi) is 5.05. The monoisotopic (exact) mass is 436 g/mol. The summed E-state index contributed by atoms with van der Waals surface area (Å²) >= 11 is 0. The zero-order valence-corrected chi connectivity index (χ0v) is 17.3. The van der Waals surface area contributed by atoms with Crippen LogP contribution in [0.15, 0.2) is 56.9 Å². The maximum atomic E-state index is 12.8. The van der Waals surface area contributed by atoms with Crippen molar-refractivity contribution in [2.75, 3.05) is 17.8 Å². The third-order valence-electron chi connectivity index (χ3n) is 4.90. The van der Waals surface area contributed by atoms with Crippen molar-refractivity contribution in [2.24, 2.45) is 5.92 Å². The number of aromatic nitrogens is 2. The second-order valence-electron chi connectivity index (χ2n) is 7.13. The first kappa shape index (κ1) is 19.8. The Morgan fingerprint density at radius 1 is 1.07 bits per heavy atom. The molecule has 0 aliphatic carbocycles. The molecule has 29 heavy (non-hydrogen) atoms. The van der Waals surface area contributed by atoms with Gasteiger partial charge in [0.1, 0.15) is 10.4 Å². The molecule has 2 heterocycles. The van der Waals surface area contributed by atoms with Crippen molar-refractivity contribution in [3.05, 3.63) is 42.5 Å². The minimum Gasteiger partial charge on any atom is -0.280 e. The van der Waals surface area contributed by atoms with Crippen LogP contribution in [-0.2, 0) is 20.0 Å². The molecule has 0 saturated carbocycles. The van der Waals surface area contributed by atoms with Crippen molar-refractivity contribution in [3.63, 3.8) is 0 Å². The highest BCUT2D eigenvalue weighted by molar-refractivity contribution is 7.93. The zero-order chi connectivity index (χ0) is 20.6. The van der Waals surface area contributed by atoms with Gasteiger partial charge in [0.25, 0.3) is 10.0 Å². The lowest BCUT2D eigenvalue weighted by molar-refractivity contribution is 0.281. The maximum absolute atomic E-state index is 12.8. The van der Waals surface area contributed by atoms with Gasteiger partial charge in [0.15, 0.2) is 5.52 Å². The SMILES string of the molecule is CC1CCCN(S(=O)(=O)c2ccc(NS(=O)(=O)c3cccc4nonc34)cc2)C1. The minimum atomic E-state index is -3.96. The zero-order valence-electron chi connectivity index (χ0n) is 15.6. The van der Waals surface area contributed by atoms with Gasteiger partial charge in [0.2, 0.25) is 10.0 Å². The topological polar surface area (TPSA) is 122 Å². The molecule has 3 aromatic rings. The molecule has 0 radical (unpaired) electrons. The van der Waals surface area contributed by atoms with E-state index in [1.807, 2.05) is 6.92 Å². The summed E-state index contributed by atoms with van der Waals surface area (Å²) in [6.07, 6.45) is 1.85. The lowest BCUT2D eigenvalue weighted by atomic mass is 10.0. The molecule has 1 N–H and O–H groups in total. The number of rotatable bonds is 5. The van der Waals surface area contributed by atoms with Gasteiger partial charge in [-0.15, -0.1) is 0 Å². The van der Waals surface area contributed by atoms with Crippen LogP contribution in [0.5, 0.6) is 0 Å². The van der Waals surface area contributed by atoms with Gasteiger partial charge >= 0.3 is 0 Å². The number of benzene rings is 2. The van der Waals surface area contributed by atoms with Crippen molar-refractivity contribution in [2.45, 2.75) is 29.6 Å². The smallest absolute Gasteiger partial charge is 0.264 e. The summed E-state index contributed by atoms with van der Waals surface area (Å²) < 4.78 is 59.6. The normalized spacial score (nSPS) is 18.7. The van der Waals surface area contributed by atoms with E-state index in [9.17, 15) is 16.8 Å². The molecule has 9 nitrogen and oxygen atoms in total. The minimum absolute atomic E-state index is 0.0738. The number of nitrogens with one attached hydrogen (secondary N) is 1. The highest BCUT2D eigenvalue weighted by Gasteiger charge is 2.28. The van der Waals surface area contributed by atoms with E-state index >= 15 is 0 Å². The Balaban J connectivity index is 1.57. The average molecular weight is 437 g/mol. The van der Waals surface area contributed by atoms with Crippen LogP contribution in [0.2, 0.25) is 0 Å². The summed E-state index contributed by atoms with van der Waals surface area (Å²) in [5, 5.41) is 7.28. The molecule has 4 rings (SSSR count). The van der Waals surface area contributed by atoms with Gasteiger partial charge in [-0.3, -0.25) is 4.72 Å². The lowest BCUT2D eigenvalue weighted by Gasteiger charge is -2.30.